The smallest absolute Gasteiger partial charge is 0.0556 e. The summed E-state index contributed by atoms with van der Waals surface area (Å²) in [6, 6.07) is 8.97. The SMILES string of the molecule is BrC1=CCC2Nc3ccccc3C2=C1. The van der Waals surface area contributed by atoms with Gasteiger partial charge in [0.2, 0.25) is 0 Å². The highest BCUT2D eigenvalue weighted by molar-refractivity contribution is 9.11. The fourth-order valence-corrected chi connectivity index (χ4v) is 2.55. The third-order valence-electron chi connectivity index (χ3n) is 2.79. The zero-order valence-electron chi connectivity index (χ0n) is 7.63. The first-order valence-electron chi connectivity index (χ1n) is 4.78. The topological polar surface area (TPSA) is 12.0 Å². The maximum absolute atomic E-state index is 3.53. The normalized spacial score (nSPS) is 23.1. The quantitative estimate of drug-likeness (QED) is 0.740. The fraction of sp³-hybridized carbons (Fsp3) is 0.167. The van der Waals surface area contributed by atoms with Crippen molar-refractivity contribution in [2.24, 2.45) is 0 Å². The van der Waals surface area contributed by atoms with Crippen LogP contribution in [0, 0.1) is 0 Å². The average molecular weight is 248 g/mol. The highest BCUT2D eigenvalue weighted by atomic mass is 79.9. The molecular weight excluding hydrogens is 238 g/mol. The van der Waals surface area contributed by atoms with Crippen molar-refractivity contribution in [3.63, 3.8) is 0 Å². The van der Waals surface area contributed by atoms with E-state index in [1.54, 1.807) is 0 Å². The number of benzene rings is 1. The van der Waals surface area contributed by atoms with Crippen molar-refractivity contribution >= 4 is 27.2 Å². The predicted molar refractivity (Wildman–Crippen MR) is 63.5 cm³/mol. The van der Waals surface area contributed by atoms with Crippen molar-refractivity contribution in [3.05, 3.63) is 46.5 Å². The molecule has 1 aliphatic carbocycles. The molecule has 0 aromatic heterocycles. The van der Waals surface area contributed by atoms with E-state index in [-0.39, 0.29) is 0 Å². The summed E-state index contributed by atoms with van der Waals surface area (Å²) in [4.78, 5) is 0. The van der Waals surface area contributed by atoms with E-state index in [0.717, 1.165) is 6.42 Å². The van der Waals surface area contributed by atoms with Gasteiger partial charge in [0.1, 0.15) is 0 Å². The molecule has 14 heavy (non-hydrogen) atoms. The van der Waals surface area contributed by atoms with Crippen molar-refractivity contribution in [3.8, 4) is 0 Å². The first kappa shape index (κ1) is 8.30. The van der Waals surface area contributed by atoms with Gasteiger partial charge in [0.25, 0.3) is 0 Å². The number of allylic oxidation sites excluding steroid dienone is 2. The largest absolute Gasteiger partial charge is 0.377 e. The van der Waals surface area contributed by atoms with Crippen molar-refractivity contribution in [1.82, 2.24) is 0 Å². The first-order valence-corrected chi connectivity index (χ1v) is 5.57. The van der Waals surface area contributed by atoms with Gasteiger partial charge in [0.05, 0.1) is 6.04 Å². The number of halogens is 1. The second-order valence-corrected chi connectivity index (χ2v) is 4.58. The van der Waals surface area contributed by atoms with Gasteiger partial charge in [-0.3, -0.25) is 0 Å². The molecule has 1 N–H and O–H groups in total. The molecule has 3 rings (SSSR count). The molecule has 0 saturated heterocycles. The lowest BCUT2D eigenvalue weighted by Gasteiger charge is -2.15. The summed E-state index contributed by atoms with van der Waals surface area (Å²) in [5.41, 5.74) is 4.02. The Bertz CT molecular complexity index is 445. The number of hydrogen-bond acceptors (Lipinski definition) is 1. The van der Waals surface area contributed by atoms with Crippen LogP contribution in [-0.2, 0) is 0 Å². The molecule has 0 bridgehead atoms. The Morgan fingerprint density at radius 1 is 1.29 bits per heavy atom. The van der Waals surface area contributed by atoms with Gasteiger partial charge in [-0.05, 0) is 24.1 Å². The standard InChI is InChI=1S/C12H10BrN/c13-8-5-6-12-10(7-8)9-3-1-2-4-11(9)14-12/h1-5,7,12,14H,6H2. The monoisotopic (exact) mass is 247 g/mol. The van der Waals surface area contributed by atoms with E-state index in [4.69, 9.17) is 0 Å². The van der Waals surface area contributed by atoms with Crippen LogP contribution in [0.15, 0.2) is 40.9 Å². The molecule has 1 aromatic carbocycles. The van der Waals surface area contributed by atoms with E-state index >= 15 is 0 Å². The molecule has 2 aliphatic rings. The van der Waals surface area contributed by atoms with Gasteiger partial charge in [-0.2, -0.15) is 0 Å². The summed E-state index contributed by atoms with van der Waals surface area (Å²) in [7, 11) is 0. The van der Waals surface area contributed by atoms with E-state index in [1.165, 1.54) is 21.3 Å². The van der Waals surface area contributed by atoms with Gasteiger partial charge in [0.15, 0.2) is 0 Å². The minimum absolute atomic E-state index is 0.480. The Kier molecular flexibility index (Phi) is 1.77. The van der Waals surface area contributed by atoms with E-state index in [2.05, 4.69) is 57.7 Å². The Morgan fingerprint density at radius 3 is 3.07 bits per heavy atom. The van der Waals surface area contributed by atoms with Crippen LogP contribution in [-0.4, -0.2) is 6.04 Å². The van der Waals surface area contributed by atoms with E-state index in [1.807, 2.05) is 0 Å². The van der Waals surface area contributed by atoms with E-state index < -0.39 is 0 Å². The Labute approximate surface area is 91.6 Å². The summed E-state index contributed by atoms with van der Waals surface area (Å²) >= 11 is 3.53. The Hall–Kier alpha value is -1.02. The molecule has 1 aromatic rings. The lowest BCUT2D eigenvalue weighted by Crippen LogP contribution is -2.15. The highest BCUT2D eigenvalue weighted by Gasteiger charge is 2.26. The Balaban J connectivity index is 2.15. The van der Waals surface area contributed by atoms with Crippen molar-refractivity contribution < 1.29 is 0 Å². The van der Waals surface area contributed by atoms with Crippen molar-refractivity contribution in [2.45, 2.75) is 12.5 Å². The van der Waals surface area contributed by atoms with Crippen LogP contribution in [0.1, 0.15) is 12.0 Å². The number of nitrogens with one attached hydrogen (secondary N) is 1. The lowest BCUT2D eigenvalue weighted by atomic mass is 9.96. The fourth-order valence-electron chi connectivity index (χ4n) is 2.12. The van der Waals surface area contributed by atoms with Gasteiger partial charge >= 0.3 is 0 Å². The van der Waals surface area contributed by atoms with Crippen LogP contribution in [0.25, 0.3) is 5.57 Å². The second-order valence-electron chi connectivity index (χ2n) is 3.67. The van der Waals surface area contributed by atoms with Gasteiger partial charge < -0.3 is 5.32 Å². The summed E-state index contributed by atoms with van der Waals surface area (Å²) in [5.74, 6) is 0. The van der Waals surface area contributed by atoms with Crippen LogP contribution in [0.5, 0.6) is 0 Å². The van der Waals surface area contributed by atoms with Gasteiger partial charge in [0, 0.05) is 15.7 Å². The van der Waals surface area contributed by atoms with Gasteiger partial charge in [-0.15, -0.1) is 0 Å². The summed E-state index contributed by atoms with van der Waals surface area (Å²) in [5, 5.41) is 3.52. The van der Waals surface area contributed by atoms with Crippen molar-refractivity contribution in [2.75, 3.05) is 5.32 Å². The summed E-state index contributed by atoms with van der Waals surface area (Å²) in [6.07, 6.45) is 5.50. The number of anilines is 1. The molecule has 0 amide bonds. The summed E-state index contributed by atoms with van der Waals surface area (Å²) < 4.78 is 1.20. The zero-order valence-corrected chi connectivity index (χ0v) is 9.21. The number of rotatable bonds is 0. The predicted octanol–water partition coefficient (Wildman–Crippen LogP) is 3.55. The molecule has 1 unspecified atom stereocenters. The number of para-hydroxylation sites is 1. The number of fused-ring (bicyclic) bond motifs is 3. The third-order valence-corrected chi connectivity index (χ3v) is 3.34. The van der Waals surface area contributed by atoms with Crippen LogP contribution in [0.4, 0.5) is 5.69 Å². The van der Waals surface area contributed by atoms with Gasteiger partial charge in [-0.1, -0.05) is 40.2 Å². The summed E-state index contributed by atoms with van der Waals surface area (Å²) in [6.45, 7) is 0. The minimum atomic E-state index is 0.480. The van der Waals surface area contributed by atoms with Crippen LogP contribution >= 0.6 is 15.9 Å². The third kappa shape index (κ3) is 1.14. The average Bonchev–Trinajstić information content (AvgIpc) is 2.56. The van der Waals surface area contributed by atoms with E-state index in [9.17, 15) is 0 Å². The molecule has 1 heterocycles. The molecule has 1 aliphatic heterocycles. The molecule has 70 valence electrons. The molecule has 2 heteroatoms. The van der Waals surface area contributed by atoms with Crippen LogP contribution < -0.4 is 5.32 Å². The maximum Gasteiger partial charge on any atom is 0.0556 e. The second kappa shape index (κ2) is 2.99. The molecule has 1 atom stereocenters. The molecule has 0 spiro atoms. The molecular formula is C12H10BrN. The molecule has 0 fully saturated rings. The highest BCUT2D eigenvalue weighted by Crippen LogP contribution is 2.40. The zero-order chi connectivity index (χ0) is 9.54. The molecule has 0 radical (unpaired) electrons. The maximum atomic E-state index is 3.53. The lowest BCUT2D eigenvalue weighted by molar-refractivity contribution is 0.927. The molecule has 1 nitrogen and oxygen atoms in total. The van der Waals surface area contributed by atoms with Gasteiger partial charge in [-0.25, -0.2) is 0 Å². The van der Waals surface area contributed by atoms with E-state index in [0.29, 0.717) is 6.04 Å². The van der Waals surface area contributed by atoms with Crippen LogP contribution in [0.2, 0.25) is 0 Å². The minimum Gasteiger partial charge on any atom is -0.377 e. The molecule has 0 saturated carbocycles. The van der Waals surface area contributed by atoms with Crippen molar-refractivity contribution in [1.29, 1.82) is 0 Å². The van der Waals surface area contributed by atoms with Crippen LogP contribution in [0.3, 0.4) is 0 Å². The first-order chi connectivity index (χ1) is 6.84. The number of hydrogen-bond donors (Lipinski definition) is 1. The Morgan fingerprint density at radius 2 is 2.14 bits per heavy atom.